The normalized spacial score (nSPS) is 13.4. The van der Waals surface area contributed by atoms with Crippen molar-refractivity contribution in [3.8, 4) is 0 Å². The van der Waals surface area contributed by atoms with Gasteiger partial charge < -0.3 is 4.98 Å². The summed E-state index contributed by atoms with van der Waals surface area (Å²) in [6, 6.07) is 8.32. The van der Waals surface area contributed by atoms with E-state index in [0.717, 1.165) is 16.5 Å². The first kappa shape index (κ1) is 13.8. The lowest BCUT2D eigenvalue weighted by Gasteiger charge is -2.27. The predicted molar refractivity (Wildman–Crippen MR) is 79.6 cm³/mol. The van der Waals surface area contributed by atoms with Gasteiger partial charge in [-0.25, -0.2) is 0 Å². The average molecular weight is 258 g/mol. The number of hydrogen-bond acceptors (Lipinski definition) is 2. The molecule has 0 saturated heterocycles. The van der Waals surface area contributed by atoms with Crippen molar-refractivity contribution in [2.75, 3.05) is 13.6 Å². The summed E-state index contributed by atoms with van der Waals surface area (Å²) < 4.78 is 0. The fourth-order valence-corrected chi connectivity index (χ4v) is 2.27. The minimum atomic E-state index is 0.174. The summed E-state index contributed by atoms with van der Waals surface area (Å²) in [7, 11) is 2.01. The van der Waals surface area contributed by atoms with Gasteiger partial charge in [0.15, 0.2) is 5.78 Å². The van der Waals surface area contributed by atoms with Crippen LogP contribution < -0.4 is 0 Å². The number of Topliss-reactive ketones (excluding diaryl/α,β-unsaturated/α-hetero) is 1. The maximum Gasteiger partial charge on any atom is 0.178 e. The van der Waals surface area contributed by atoms with Crippen LogP contribution in [0.25, 0.3) is 10.9 Å². The number of benzene rings is 1. The van der Waals surface area contributed by atoms with E-state index in [9.17, 15) is 4.79 Å². The van der Waals surface area contributed by atoms with Crippen LogP contribution in [0.15, 0.2) is 30.5 Å². The van der Waals surface area contributed by atoms with Gasteiger partial charge in [0, 0.05) is 28.7 Å². The summed E-state index contributed by atoms with van der Waals surface area (Å²) in [6.07, 6.45) is 1.82. The first-order chi connectivity index (χ1) is 9.00. The molecule has 19 heavy (non-hydrogen) atoms. The standard InChI is InChI=1S/C16H22N2O/c1-11(2)12(3)18(4)10-16(19)14-9-17-15-8-6-5-7-13(14)15/h5-9,11-12,17H,10H2,1-4H3. The van der Waals surface area contributed by atoms with Gasteiger partial charge in [0.05, 0.1) is 6.54 Å². The summed E-state index contributed by atoms with van der Waals surface area (Å²) in [4.78, 5) is 17.7. The molecule has 0 fully saturated rings. The summed E-state index contributed by atoms with van der Waals surface area (Å²) in [5.41, 5.74) is 1.81. The zero-order chi connectivity index (χ0) is 14.0. The Bertz CT molecular complexity index is 571. The lowest BCUT2D eigenvalue weighted by molar-refractivity contribution is 0.0908. The molecule has 2 aromatic rings. The largest absolute Gasteiger partial charge is 0.360 e. The van der Waals surface area contributed by atoms with Crippen molar-refractivity contribution in [3.05, 3.63) is 36.0 Å². The number of hydrogen-bond donors (Lipinski definition) is 1. The highest BCUT2D eigenvalue weighted by atomic mass is 16.1. The highest BCUT2D eigenvalue weighted by molar-refractivity contribution is 6.08. The summed E-state index contributed by atoms with van der Waals surface area (Å²) in [5, 5.41) is 1.01. The molecule has 1 atom stereocenters. The molecule has 1 aromatic heterocycles. The van der Waals surface area contributed by atoms with E-state index in [0.29, 0.717) is 18.5 Å². The smallest absolute Gasteiger partial charge is 0.178 e. The Morgan fingerprint density at radius 2 is 1.95 bits per heavy atom. The van der Waals surface area contributed by atoms with E-state index < -0.39 is 0 Å². The Labute approximate surface area is 114 Å². The molecule has 1 aromatic carbocycles. The second-order valence-electron chi connectivity index (χ2n) is 5.57. The van der Waals surface area contributed by atoms with Gasteiger partial charge in [-0.15, -0.1) is 0 Å². The minimum Gasteiger partial charge on any atom is -0.360 e. The van der Waals surface area contributed by atoms with Crippen LogP contribution in [0.3, 0.4) is 0 Å². The summed E-state index contributed by atoms with van der Waals surface area (Å²) in [6.45, 7) is 6.98. The number of carbonyl (C=O) groups is 1. The Morgan fingerprint density at radius 1 is 1.26 bits per heavy atom. The maximum atomic E-state index is 12.4. The SMILES string of the molecule is CC(C)C(C)N(C)CC(=O)c1c[nH]c2ccccc12. The number of ketones is 1. The van der Waals surface area contributed by atoms with Crippen molar-refractivity contribution >= 4 is 16.7 Å². The third-order valence-corrected chi connectivity index (χ3v) is 3.94. The Kier molecular flexibility index (Phi) is 4.05. The van der Waals surface area contributed by atoms with E-state index in [1.54, 1.807) is 0 Å². The molecule has 0 aliphatic heterocycles. The number of carbonyl (C=O) groups excluding carboxylic acids is 1. The van der Waals surface area contributed by atoms with Crippen molar-refractivity contribution in [2.45, 2.75) is 26.8 Å². The zero-order valence-electron chi connectivity index (χ0n) is 12.1. The van der Waals surface area contributed by atoms with Gasteiger partial charge in [0.1, 0.15) is 0 Å². The van der Waals surface area contributed by atoms with Crippen LogP contribution in [0, 0.1) is 5.92 Å². The van der Waals surface area contributed by atoms with E-state index in [4.69, 9.17) is 0 Å². The predicted octanol–water partition coefficient (Wildman–Crippen LogP) is 3.33. The highest BCUT2D eigenvalue weighted by Gasteiger charge is 2.18. The van der Waals surface area contributed by atoms with Crippen LogP contribution in [0.4, 0.5) is 0 Å². The molecule has 3 heteroatoms. The molecule has 1 heterocycles. The van der Waals surface area contributed by atoms with Crippen LogP contribution in [0.5, 0.6) is 0 Å². The van der Waals surface area contributed by atoms with Crippen LogP contribution in [0.2, 0.25) is 0 Å². The topological polar surface area (TPSA) is 36.1 Å². The molecule has 0 bridgehead atoms. The van der Waals surface area contributed by atoms with E-state index in [-0.39, 0.29) is 5.78 Å². The quantitative estimate of drug-likeness (QED) is 0.835. The van der Waals surface area contributed by atoms with Crippen LogP contribution >= 0.6 is 0 Å². The van der Waals surface area contributed by atoms with Gasteiger partial charge in [0.25, 0.3) is 0 Å². The first-order valence-electron chi connectivity index (χ1n) is 6.80. The molecule has 2 rings (SSSR count). The van der Waals surface area contributed by atoms with Gasteiger partial charge in [-0.1, -0.05) is 32.0 Å². The van der Waals surface area contributed by atoms with Crippen LogP contribution in [-0.2, 0) is 0 Å². The third kappa shape index (κ3) is 2.87. The van der Waals surface area contributed by atoms with E-state index in [1.165, 1.54) is 0 Å². The number of fused-ring (bicyclic) bond motifs is 1. The molecule has 1 N–H and O–H groups in total. The number of para-hydroxylation sites is 1. The highest BCUT2D eigenvalue weighted by Crippen LogP contribution is 2.19. The number of nitrogens with one attached hydrogen (secondary N) is 1. The number of H-pyrrole nitrogens is 1. The van der Waals surface area contributed by atoms with E-state index >= 15 is 0 Å². The fraction of sp³-hybridized carbons (Fsp3) is 0.438. The molecule has 102 valence electrons. The molecule has 0 aliphatic rings. The number of likely N-dealkylation sites (N-methyl/N-ethyl adjacent to an activating group) is 1. The third-order valence-electron chi connectivity index (χ3n) is 3.94. The van der Waals surface area contributed by atoms with Gasteiger partial charge in [-0.05, 0) is 26.0 Å². The Morgan fingerprint density at radius 3 is 2.63 bits per heavy atom. The van der Waals surface area contributed by atoms with Crippen LogP contribution in [0.1, 0.15) is 31.1 Å². The average Bonchev–Trinajstić information content (AvgIpc) is 2.81. The first-order valence-corrected chi connectivity index (χ1v) is 6.80. The van der Waals surface area contributed by atoms with Crippen molar-refractivity contribution < 1.29 is 4.79 Å². The molecule has 0 radical (unpaired) electrons. The Hall–Kier alpha value is -1.61. The van der Waals surface area contributed by atoms with Crippen molar-refractivity contribution in [1.29, 1.82) is 0 Å². The molecule has 0 aliphatic carbocycles. The lowest BCUT2D eigenvalue weighted by atomic mass is 10.0. The molecular weight excluding hydrogens is 236 g/mol. The summed E-state index contributed by atoms with van der Waals surface area (Å²) in [5.74, 6) is 0.716. The molecule has 0 amide bonds. The van der Waals surface area contributed by atoms with Crippen molar-refractivity contribution in [3.63, 3.8) is 0 Å². The van der Waals surface area contributed by atoms with Gasteiger partial charge in [0.2, 0.25) is 0 Å². The molecule has 3 nitrogen and oxygen atoms in total. The second kappa shape index (κ2) is 5.57. The lowest BCUT2D eigenvalue weighted by Crippen LogP contribution is -2.37. The van der Waals surface area contributed by atoms with E-state index in [2.05, 4.69) is 30.7 Å². The zero-order valence-corrected chi connectivity index (χ0v) is 12.1. The summed E-state index contributed by atoms with van der Waals surface area (Å²) >= 11 is 0. The van der Waals surface area contributed by atoms with Gasteiger partial charge in [-0.2, -0.15) is 0 Å². The van der Waals surface area contributed by atoms with Crippen molar-refractivity contribution in [2.24, 2.45) is 5.92 Å². The van der Waals surface area contributed by atoms with Crippen LogP contribution in [-0.4, -0.2) is 35.3 Å². The van der Waals surface area contributed by atoms with E-state index in [1.807, 2.05) is 37.5 Å². The molecule has 0 saturated carbocycles. The minimum absolute atomic E-state index is 0.174. The molecule has 0 spiro atoms. The number of aromatic nitrogens is 1. The number of aromatic amines is 1. The Balaban J connectivity index is 2.16. The molecular formula is C16H22N2O. The van der Waals surface area contributed by atoms with Gasteiger partial charge in [-0.3, -0.25) is 9.69 Å². The fourth-order valence-electron chi connectivity index (χ4n) is 2.27. The monoisotopic (exact) mass is 258 g/mol. The van der Waals surface area contributed by atoms with Gasteiger partial charge >= 0.3 is 0 Å². The number of rotatable bonds is 5. The second-order valence-corrected chi connectivity index (χ2v) is 5.57. The molecule has 1 unspecified atom stereocenters. The maximum absolute atomic E-state index is 12.4. The number of nitrogens with zero attached hydrogens (tertiary/aromatic N) is 1. The van der Waals surface area contributed by atoms with Crippen molar-refractivity contribution in [1.82, 2.24) is 9.88 Å².